The number of carbonyl (C=O) groups excluding carboxylic acids is 2. The van der Waals surface area contributed by atoms with E-state index in [4.69, 9.17) is 0 Å². The normalized spacial score (nSPS) is 21.5. The van der Waals surface area contributed by atoms with E-state index < -0.39 is 0 Å². The maximum absolute atomic E-state index is 11.5. The fraction of sp³-hybridized carbons (Fsp3) is 0.800. The quantitative estimate of drug-likeness (QED) is 0.443. The van der Waals surface area contributed by atoms with Crippen LogP contribution >= 0.6 is 0 Å². The summed E-state index contributed by atoms with van der Waals surface area (Å²) in [5.41, 5.74) is 0.391. The third kappa shape index (κ3) is 3.34. The lowest BCUT2D eigenvalue weighted by atomic mass is 9.82. The molecule has 2 heterocycles. The van der Waals surface area contributed by atoms with Crippen molar-refractivity contribution in [1.29, 1.82) is 0 Å². The molecule has 0 aromatic carbocycles. The Hall–Kier alpha value is -1.79. The predicted octanol–water partition coefficient (Wildman–Crippen LogP) is 0.626. The Morgan fingerprint density at radius 1 is 1.36 bits per heavy atom. The molecule has 0 spiro atoms. The standard InChI is InChI=1S/C15H27N5O2/c1-4-15(5-2)6-8-19(11-15)13(16-3)17-7-9-20-12(21)10-18-14(20)22/h4-11H2,1-3H3,(H,16,17)(H,18,22). The van der Waals surface area contributed by atoms with E-state index >= 15 is 0 Å². The van der Waals surface area contributed by atoms with Crippen LogP contribution in [-0.2, 0) is 4.79 Å². The summed E-state index contributed by atoms with van der Waals surface area (Å²) in [6.07, 6.45) is 3.55. The molecule has 0 saturated carbocycles. The second kappa shape index (κ2) is 6.98. The molecule has 2 aliphatic heterocycles. The first-order valence-corrected chi connectivity index (χ1v) is 8.09. The molecule has 2 fully saturated rings. The number of hydrogen-bond donors (Lipinski definition) is 2. The number of imide groups is 1. The fourth-order valence-electron chi connectivity index (χ4n) is 3.24. The molecule has 7 heteroatoms. The number of guanidine groups is 1. The number of aliphatic imine (C=N–C) groups is 1. The number of amides is 3. The summed E-state index contributed by atoms with van der Waals surface area (Å²) < 4.78 is 0. The third-order valence-corrected chi connectivity index (χ3v) is 5.01. The highest BCUT2D eigenvalue weighted by Crippen LogP contribution is 2.36. The van der Waals surface area contributed by atoms with Crippen LogP contribution in [0.2, 0.25) is 0 Å². The SMILES string of the molecule is CCC1(CC)CCN(C(=NC)NCCN2C(=O)CNC2=O)C1. The molecule has 22 heavy (non-hydrogen) atoms. The maximum Gasteiger partial charge on any atom is 0.324 e. The van der Waals surface area contributed by atoms with Crippen LogP contribution in [-0.4, -0.2) is 67.5 Å². The molecule has 0 radical (unpaired) electrons. The van der Waals surface area contributed by atoms with Crippen molar-refractivity contribution in [3.8, 4) is 0 Å². The lowest BCUT2D eigenvalue weighted by Crippen LogP contribution is -2.45. The number of carbonyl (C=O) groups is 2. The molecule has 2 saturated heterocycles. The van der Waals surface area contributed by atoms with Gasteiger partial charge in [0.25, 0.3) is 0 Å². The van der Waals surface area contributed by atoms with Crippen LogP contribution in [0, 0.1) is 5.41 Å². The van der Waals surface area contributed by atoms with Crippen LogP contribution in [0.3, 0.4) is 0 Å². The van der Waals surface area contributed by atoms with Crippen LogP contribution in [0.4, 0.5) is 4.79 Å². The number of urea groups is 1. The lowest BCUT2D eigenvalue weighted by molar-refractivity contribution is -0.124. The Labute approximate surface area is 132 Å². The van der Waals surface area contributed by atoms with E-state index in [2.05, 4.69) is 34.4 Å². The first kappa shape index (κ1) is 16.6. The van der Waals surface area contributed by atoms with Crippen molar-refractivity contribution in [3.63, 3.8) is 0 Å². The van der Waals surface area contributed by atoms with Crippen LogP contribution in [0.5, 0.6) is 0 Å². The number of nitrogens with zero attached hydrogens (tertiary/aromatic N) is 3. The molecule has 0 aromatic heterocycles. The molecule has 0 atom stereocenters. The first-order valence-electron chi connectivity index (χ1n) is 8.09. The van der Waals surface area contributed by atoms with Gasteiger partial charge in [0.2, 0.25) is 5.91 Å². The summed E-state index contributed by atoms with van der Waals surface area (Å²) in [6, 6.07) is -0.307. The molecule has 2 N–H and O–H groups in total. The van der Waals surface area contributed by atoms with E-state index in [0.29, 0.717) is 18.5 Å². The Balaban J connectivity index is 1.84. The summed E-state index contributed by atoms with van der Waals surface area (Å²) in [7, 11) is 1.77. The highest BCUT2D eigenvalue weighted by molar-refractivity contribution is 6.01. The van der Waals surface area contributed by atoms with Crippen molar-refractivity contribution >= 4 is 17.9 Å². The average Bonchev–Trinajstić information content (AvgIpc) is 3.10. The molecular weight excluding hydrogens is 282 g/mol. The zero-order chi connectivity index (χ0) is 16.2. The van der Waals surface area contributed by atoms with Crippen LogP contribution < -0.4 is 10.6 Å². The van der Waals surface area contributed by atoms with Crippen molar-refractivity contribution in [2.45, 2.75) is 33.1 Å². The maximum atomic E-state index is 11.5. The van der Waals surface area contributed by atoms with E-state index in [1.54, 1.807) is 7.05 Å². The molecule has 7 nitrogen and oxygen atoms in total. The molecule has 124 valence electrons. The van der Waals surface area contributed by atoms with Crippen molar-refractivity contribution in [2.24, 2.45) is 10.4 Å². The zero-order valence-electron chi connectivity index (χ0n) is 13.8. The highest BCUT2D eigenvalue weighted by atomic mass is 16.2. The van der Waals surface area contributed by atoms with Gasteiger partial charge >= 0.3 is 6.03 Å². The second-order valence-electron chi connectivity index (χ2n) is 6.06. The summed E-state index contributed by atoms with van der Waals surface area (Å²) in [4.78, 5) is 30.9. The summed E-state index contributed by atoms with van der Waals surface area (Å²) in [6.45, 7) is 7.52. The predicted molar refractivity (Wildman–Crippen MR) is 85.7 cm³/mol. The minimum atomic E-state index is -0.307. The van der Waals surface area contributed by atoms with E-state index in [0.717, 1.165) is 19.0 Å². The van der Waals surface area contributed by atoms with E-state index in [1.807, 2.05) is 0 Å². The Kier molecular flexibility index (Phi) is 5.26. The average molecular weight is 309 g/mol. The van der Waals surface area contributed by atoms with Crippen molar-refractivity contribution < 1.29 is 9.59 Å². The lowest BCUT2D eigenvalue weighted by Gasteiger charge is -2.28. The summed E-state index contributed by atoms with van der Waals surface area (Å²) in [5.74, 6) is 0.690. The number of rotatable bonds is 5. The smallest absolute Gasteiger partial charge is 0.324 e. The van der Waals surface area contributed by atoms with Gasteiger partial charge in [-0.15, -0.1) is 0 Å². The zero-order valence-corrected chi connectivity index (χ0v) is 13.8. The number of nitrogens with one attached hydrogen (secondary N) is 2. The minimum Gasteiger partial charge on any atom is -0.354 e. The summed E-state index contributed by atoms with van der Waals surface area (Å²) >= 11 is 0. The van der Waals surface area contributed by atoms with Gasteiger partial charge < -0.3 is 15.5 Å². The molecule has 0 aromatic rings. The van der Waals surface area contributed by atoms with Gasteiger partial charge in [0.15, 0.2) is 5.96 Å². The Morgan fingerprint density at radius 3 is 2.59 bits per heavy atom. The third-order valence-electron chi connectivity index (χ3n) is 5.01. The Bertz CT molecular complexity index is 443. The fourth-order valence-corrected chi connectivity index (χ4v) is 3.24. The van der Waals surface area contributed by atoms with Crippen LogP contribution in [0.15, 0.2) is 4.99 Å². The first-order chi connectivity index (χ1) is 10.5. The van der Waals surface area contributed by atoms with Gasteiger partial charge in [0, 0.05) is 33.2 Å². The number of hydrogen-bond acceptors (Lipinski definition) is 3. The van der Waals surface area contributed by atoms with Crippen LogP contribution in [0.25, 0.3) is 0 Å². The molecular formula is C15H27N5O2. The Morgan fingerprint density at radius 2 is 2.09 bits per heavy atom. The topological polar surface area (TPSA) is 77.0 Å². The van der Waals surface area contributed by atoms with Gasteiger partial charge in [-0.05, 0) is 24.7 Å². The van der Waals surface area contributed by atoms with E-state index in [1.165, 1.54) is 24.2 Å². The van der Waals surface area contributed by atoms with Gasteiger partial charge in [-0.25, -0.2) is 4.79 Å². The molecule has 0 unspecified atom stereocenters. The second-order valence-corrected chi connectivity index (χ2v) is 6.06. The van der Waals surface area contributed by atoms with Gasteiger partial charge in [-0.2, -0.15) is 0 Å². The van der Waals surface area contributed by atoms with Crippen molar-refractivity contribution in [2.75, 3.05) is 39.8 Å². The van der Waals surface area contributed by atoms with Crippen LogP contribution in [0.1, 0.15) is 33.1 Å². The molecule has 2 aliphatic rings. The van der Waals surface area contributed by atoms with Gasteiger partial charge in [0.1, 0.15) is 0 Å². The molecule has 0 aliphatic carbocycles. The molecule has 3 amide bonds. The largest absolute Gasteiger partial charge is 0.354 e. The van der Waals surface area contributed by atoms with Gasteiger partial charge in [0.05, 0.1) is 6.54 Å². The molecule has 0 bridgehead atoms. The van der Waals surface area contributed by atoms with Crippen molar-refractivity contribution in [1.82, 2.24) is 20.4 Å². The minimum absolute atomic E-state index is 0.106. The van der Waals surface area contributed by atoms with Gasteiger partial charge in [-0.3, -0.25) is 14.7 Å². The van der Waals surface area contributed by atoms with E-state index in [9.17, 15) is 9.59 Å². The highest BCUT2D eigenvalue weighted by Gasteiger charge is 2.36. The van der Waals surface area contributed by atoms with Gasteiger partial charge in [-0.1, -0.05) is 13.8 Å². The van der Waals surface area contributed by atoms with E-state index in [-0.39, 0.29) is 18.5 Å². The number of likely N-dealkylation sites (tertiary alicyclic amines) is 1. The monoisotopic (exact) mass is 309 g/mol. The summed E-state index contributed by atoms with van der Waals surface area (Å²) in [5, 5.41) is 5.79. The van der Waals surface area contributed by atoms with Crippen molar-refractivity contribution in [3.05, 3.63) is 0 Å². The molecule has 2 rings (SSSR count).